The lowest BCUT2D eigenvalue weighted by Crippen LogP contribution is -2.26. The van der Waals surface area contributed by atoms with Gasteiger partial charge in [0.25, 0.3) is 5.91 Å². The molecule has 6 nitrogen and oxygen atoms in total. The summed E-state index contributed by atoms with van der Waals surface area (Å²) in [4.78, 5) is 25.9. The van der Waals surface area contributed by atoms with Crippen LogP contribution in [0.1, 0.15) is 27.2 Å². The number of hydrogen-bond acceptors (Lipinski definition) is 4. The number of esters is 1. The van der Waals surface area contributed by atoms with Gasteiger partial charge in [-0.25, -0.2) is 4.79 Å². The number of rotatable bonds is 3. The minimum atomic E-state index is -0.380. The zero-order valence-electron chi connectivity index (χ0n) is 14.2. The van der Waals surface area contributed by atoms with Crippen LogP contribution in [0.5, 0.6) is 0 Å². The molecule has 1 aromatic carbocycles. The van der Waals surface area contributed by atoms with Crippen LogP contribution in [0.25, 0.3) is 6.08 Å². The van der Waals surface area contributed by atoms with Crippen molar-refractivity contribution in [1.29, 1.82) is 0 Å². The molecule has 1 aliphatic rings. The molecular weight excluding hydrogens is 342 g/mol. The smallest absolute Gasteiger partial charge is 0.337 e. The summed E-state index contributed by atoms with van der Waals surface area (Å²) >= 11 is 6.18. The number of carbonyl (C=O) groups excluding carboxylic acids is 2. The highest BCUT2D eigenvalue weighted by atomic mass is 35.5. The molecule has 0 atom stereocenters. The fourth-order valence-corrected chi connectivity index (χ4v) is 3.19. The number of methoxy groups -OCH3 is 1. The quantitative estimate of drug-likeness (QED) is 0.624. The van der Waals surface area contributed by atoms with Gasteiger partial charge in [0.15, 0.2) is 0 Å². The molecular formula is C18H18ClN3O3. The molecule has 1 aliphatic heterocycles. The molecule has 3 rings (SSSR count). The zero-order valence-corrected chi connectivity index (χ0v) is 15.0. The van der Waals surface area contributed by atoms with E-state index in [9.17, 15) is 9.59 Å². The summed E-state index contributed by atoms with van der Waals surface area (Å²) in [6.45, 7) is 2.42. The molecule has 0 radical (unpaired) electrons. The second kappa shape index (κ2) is 6.72. The predicted octanol–water partition coefficient (Wildman–Crippen LogP) is 2.77. The van der Waals surface area contributed by atoms with Crippen molar-refractivity contribution < 1.29 is 14.3 Å². The second-order valence-corrected chi connectivity index (χ2v) is 6.18. The number of halogens is 1. The molecule has 0 saturated heterocycles. The summed E-state index contributed by atoms with van der Waals surface area (Å²) in [7, 11) is 3.10. The fourth-order valence-electron chi connectivity index (χ4n) is 2.96. The lowest BCUT2D eigenvalue weighted by Gasteiger charge is -2.15. The molecule has 2 aromatic rings. The van der Waals surface area contributed by atoms with Crippen molar-refractivity contribution in [3.8, 4) is 0 Å². The molecule has 0 saturated carbocycles. The van der Waals surface area contributed by atoms with Gasteiger partial charge in [0, 0.05) is 30.9 Å². The zero-order chi connectivity index (χ0) is 18.1. The van der Waals surface area contributed by atoms with E-state index in [1.807, 2.05) is 6.92 Å². The summed E-state index contributed by atoms with van der Waals surface area (Å²) in [5.41, 5.74) is 3.76. The van der Waals surface area contributed by atoms with Gasteiger partial charge in [0.2, 0.25) is 0 Å². The molecule has 0 spiro atoms. The number of fused-ring (bicyclic) bond motifs is 1. The first-order valence-electron chi connectivity index (χ1n) is 7.82. The number of amides is 1. The number of benzene rings is 1. The third kappa shape index (κ3) is 3.17. The molecule has 1 amide bonds. The van der Waals surface area contributed by atoms with E-state index in [0.717, 1.165) is 22.5 Å². The molecule has 0 fully saturated rings. The Kier molecular flexibility index (Phi) is 4.63. The van der Waals surface area contributed by atoms with E-state index in [1.54, 1.807) is 40.9 Å². The Morgan fingerprint density at radius 1 is 1.36 bits per heavy atom. The van der Waals surface area contributed by atoms with Gasteiger partial charge >= 0.3 is 5.97 Å². The molecule has 2 heterocycles. The van der Waals surface area contributed by atoms with Gasteiger partial charge in [-0.2, -0.15) is 5.10 Å². The number of aromatic nitrogens is 2. The van der Waals surface area contributed by atoms with Gasteiger partial charge in [-0.1, -0.05) is 11.6 Å². The van der Waals surface area contributed by atoms with Crippen LogP contribution in [-0.4, -0.2) is 35.3 Å². The van der Waals surface area contributed by atoms with Gasteiger partial charge in [-0.05, 0) is 43.2 Å². The first-order chi connectivity index (χ1) is 11.9. The van der Waals surface area contributed by atoms with Crippen LogP contribution in [0.2, 0.25) is 5.15 Å². The fraction of sp³-hybridized carbons (Fsp3) is 0.278. The Hall–Kier alpha value is -2.60. The first-order valence-corrected chi connectivity index (χ1v) is 8.20. The highest BCUT2D eigenvalue weighted by Crippen LogP contribution is 2.29. The molecule has 0 N–H and O–H groups in total. The average molecular weight is 360 g/mol. The maximum Gasteiger partial charge on any atom is 0.337 e. The molecule has 1 aromatic heterocycles. The van der Waals surface area contributed by atoms with Crippen LogP contribution >= 0.6 is 11.6 Å². The van der Waals surface area contributed by atoms with E-state index >= 15 is 0 Å². The van der Waals surface area contributed by atoms with Gasteiger partial charge in [0.1, 0.15) is 5.15 Å². The van der Waals surface area contributed by atoms with Gasteiger partial charge in [-0.15, -0.1) is 0 Å². The Morgan fingerprint density at radius 3 is 2.76 bits per heavy atom. The number of carbonyl (C=O) groups is 2. The van der Waals surface area contributed by atoms with E-state index in [-0.39, 0.29) is 11.9 Å². The van der Waals surface area contributed by atoms with E-state index in [4.69, 9.17) is 16.3 Å². The molecule has 0 bridgehead atoms. The monoisotopic (exact) mass is 359 g/mol. The van der Waals surface area contributed by atoms with Crippen molar-refractivity contribution in [3.63, 3.8) is 0 Å². The Labute approximate surface area is 150 Å². The lowest BCUT2D eigenvalue weighted by atomic mass is 10.1. The van der Waals surface area contributed by atoms with Crippen molar-refractivity contribution in [1.82, 2.24) is 9.78 Å². The maximum absolute atomic E-state index is 12.6. The Bertz CT molecular complexity index is 886. The molecule has 0 unspecified atom stereocenters. The summed E-state index contributed by atoms with van der Waals surface area (Å²) in [5, 5.41) is 4.71. The SMILES string of the molecule is COC(=O)c1ccc2c(c1)CCN2C(=O)/C=C/c1c(C)nn(C)c1Cl. The topological polar surface area (TPSA) is 64.4 Å². The molecule has 7 heteroatoms. The van der Waals surface area contributed by atoms with Crippen molar-refractivity contribution >= 4 is 35.2 Å². The number of aryl methyl sites for hydroxylation is 2. The number of anilines is 1. The molecule has 130 valence electrons. The van der Waals surface area contributed by atoms with E-state index in [1.165, 1.54) is 13.2 Å². The number of nitrogens with zero attached hydrogens (tertiary/aromatic N) is 3. The van der Waals surface area contributed by atoms with Gasteiger partial charge in [0.05, 0.1) is 18.4 Å². The standard InChI is InChI=1S/C18H18ClN3O3/c1-11-14(17(19)21(2)20-11)5-7-16(23)22-9-8-12-10-13(18(24)25-3)4-6-15(12)22/h4-7,10H,8-9H2,1-3H3/b7-5+. The van der Waals surface area contributed by atoms with E-state index in [2.05, 4.69) is 5.10 Å². The van der Waals surface area contributed by atoms with Crippen LogP contribution in [0.4, 0.5) is 5.69 Å². The van der Waals surface area contributed by atoms with E-state index in [0.29, 0.717) is 23.7 Å². The van der Waals surface area contributed by atoms with Crippen molar-refractivity contribution in [2.45, 2.75) is 13.3 Å². The minimum Gasteiger partial charge on any atom is -0.465 e. The van der Waals surface area contributed by atoms with Crippen molar-refractivity contribution in [2.24, 2.45) is 7.05 Å². The highest BCUT2D eigenvalue weighted by molar-refractivity contribution is 6.31. The van der Waals surface area contributed by atoms with E-state index < -0.39 is 0 Å². The van der Waals surface area contributed by atoms with Crippen LogP contribution in [0.3, 0.4) is 0 Å². The first kappa shape index (κ1) is 17.2. The van der Waals surface area contributed by atoms with Crippen LogP contribution < -0.4 is 4.90 Å². The summed E-state index contributed by atoms with van der Waals surface area (Å²) < 4.78 is 6.30. The summed E-state index contributed by atoms with van der Waals surface area (Å²) in [5.74, 6) is -0.516. The summed E-state index contributed by atoms with van der Waals surface area (Å²) in [6, 6.07) is 5.23. The normalized spacial score (nSPS) is 13.4. The summed E-state index contributed by atoms with van der Waals surface area (Å²) in [6.07, 6.45) is 3.89. The molecule has 0 aliphatic carbocycles. The van der Waals surface area contributed by atoms with Crippen molar-refractivity contribution in [2.75, 3.05) is 18.6 Å². The van der Waals surface area contributed by atoms with Crippen LogP contribution in [-0.2, 0) is 23.0 Å². The van der Waals surface area contributed by atoms with Gasteiger partial charge in [-0.3, -0.25) is 9.48 Å². The van der Waals surface area contributed by atoms with Crippen molar-refractivity contribution in [3.05, 3.63) is 51.8 Å². The number of ether oxygens (including phenoxy) is 1. The van der Waals surface area contributed by atoms with Crippen LogP contribution in [0, 0.1) is 6.92 Å². The Morgan fingerprint density at radius 2 is 2.12 bits per heavy atom. The third-order valence-corrected chi connectivity index (χ3v) is 4.70. The van der Waals surface area contributed by atoms with Gasteiger partial charge < -0.3 is 9.64 Å². The molecule has 25 heavy (non-hydrogen) atoms. The largest absolute Gasteiger partial charge is 0.465 e. The minimum absolute atomic E-state index is 0.135. The third-order valence-electron chi connectivity index (χ3n) is 4.25. The maximum atomic E-state index is 12.6. The van der Waals surface area contributed by atoms with Crippen LogP contribution in [0.15, 0.2) is 24.3 Å². The Balaban J connectivity index is 1.82. The highest BCUT2D eigenvalue weighted by Gasteiger charge is 2.24. The predicted molar refractivity (Wildman–Crippen MR) is 95.8 cm³/mol. The average Bonchev–Trinajstić information content (AvgIpc) is 3.13. The second-order valence-electron chi connectivity index (χ2n) is 5.82. The lowest BCUT2D eigenvalue weighted by molar-refractivity contribution is -0.114. The number of hydrogen-bond donors (Lipinski definition) is 0.